The molecule has 2 nitrogen and oxygen atoms in total. The van der Waals surface area contributed by atoms with E-state index in [-0.39, 0.29) is 0 Å². The smallest absolute Gasteiger partial charge is 0.120 e. The summed E-state index contributed by atoms with van der Waals surface area (Å²) in [4.78, 5) is 10.1. The number of fused-ring (bicyclic) bond motifs is 2. The van der Waals surface area contributed by atoms with Gasteiger partial charge in [0.25, 0.3) is 0 Å². The van der Waals surface area contributed by atoms with Crippen molar-refractivity contribution in [2.45, 2.75) is 39.0 Å². The van der Waals surface area contributed by atoms with Gasteiger partial charge in [-0.3, -0.25) is 0 Å². The maximum absolute atomic E-state index is 10.1. The molecule has 2 bridgehead atoms. The van der Waals surface area contributed by atoms with Crippen LogP contribution in [0.1, 0.15) is 39.0 Å². The summed E-state index contributed by atoms with van der Waals surface area (Å²) in [6, 6.07) is 0. The minimum absolute atomic E-state index is 0.636. The lowest BCUT2D eigenvalue weighted by molar-refractivity contribution is -0.108. The van der Waals surface area contributed by atoms with Crippen molar-refractivity contribution in [1.29, 1.82) is 0 Å². The molecular weight excluding hydrogens is 200 g/mol. The SMILES string of the molecule is CC=C1CC2CC(COCCCC=O)C1C2. The van der Waals surface area contributed by atoms with Crippen molar-refractivity contribution in [1.82, 2.24) is 0 Å². The monoisotopic (exact) mass is 222 g/mol. The van der Waals surface area contributed by atoms with Gasteiger partial charge in [0.1, 0.15) is 6.29 Å². The zero-order valence-corrected chi connectivity index (χ0v) is 10.2. The summed E-state index contributed by atoms with van der Waals surface area (Å²) in [6.45, 7) is 3.81. The van der Waals surface area contributed by atoms with E-state index in [2.05, 4.69) is 13.0 Å². The fraction of sp³-hybridized carbons (Fsp3) is 0.786. The molecule has 0 spiro atoms. The van der Waals surface area contributed by atoms with Crippen LogP contribution in [0.25, 0.3) is 0 Å². The first-order chi connectivity index (χ1) is 7.85. The van der Waals surface area contributed by atoms with E-state index < -0.39 is 0 Å². The van der Waals surface area contributed by atoms with E-state index in [0.29, 0.717) is 6.42 Å². The van der Waals surface area contributed by atoms with Crippen LogP contribution in [0.4, 0.5) is 0 Å². The number of allylic oxidation sites excluding steroid dienone is 2. The predicted octanol–water partition coefficient (Wildman–Crippen LogP) is 2.97. The lowest BCUT2D eigenvalue weighted by atomic mass is 9.85. The van der Waals surface area contributed by atoms with Crippen LogP contribution in [0.5, 0.6) is 0 Å². The molecule has 0 aromatic carbocycles. The molecule has 3 unspecified atom stereocenters. The van der Waals surface area contributed by atoms with Crippen molar-refractivity contribution >= 4 is 6.29 Å². The van der Waals surface area contributed by atoms with Crippen LogP contribution in [0.15, 0.2) is 11.6 Å². The van der Waals surface area contributed by atoms with Crippen molar-refractivity contribution in [3.05, 3.63) is 11.6 Å². The first kappa shape index (κ1) is 11.8. The number of carbonyl (C=O) groups is 1. The largest absolute Gasteiger partial charge is 0.381 e. The number of aldehydes is 1. The van der Waals surface area contributed by atoms with Crippen LogP contribution in [0, 0.1) is 17.8 Å². The molecule has 0 aliphatic heterocycles. The second kappa shape index (κ2) is 5.62. The predicted molar refractivity (Wildman–Crippen MR) is 64.2 cm³/mol. The van der Waals surface area contributed by atoms with Gasteiger partial charge in [-0.05, 0) is 50.4 Å². The van der Waals surface area contributed by atoms with E-state index in [1.807, 2.05) is 0 Å². The molecule has 0 heterocycles. The molecule has 2 aliphatic rings. The molecule has 0 radical (unpaired) electrons. The highest BCUT2D eigenvalue weighted by molar-refractivity contribution is 5.48. The van der Waals surface area contributed by atoms with E-state index in [0.717, 1.165) is 43.7 Å². The molecule has 3 atom stereocenters. The van der Waals surface area contributed by atoms with Crippen LogP contribution in [-0.4, -0.2) is 19.5 Å². The van der Waals surface area contributed by atoms with Crippen molar-refractivity contribution < 1.29 is 9.53 Å². The average molecular weight is 222 g/mol. The average Bonchev–Trinajstić information content (AvgIpc) is 2.87. The van der Waals surface area contributed by atoms with Gasteiger partial charge in [0.2, 0.25) is 0 Å². The number of carbonyl (C=O) groups excluding carboxylic acids is 1. The molecule has 2 fully saturated rings. The third-order valence-corrected chi connectivity index (χ3v) is 4.11. The van der Waals surface area contributed by atoms with E-state index in [1.54, 1.807) is 5.57 Å². The normalized spacial score (nSPS) is 34.8. The summed E-state index contributed by atoms with van der Waals surface area (Å²) < 4.78 is 5.68. The van der Waals surface area contributed by atoms with Crippen LogP contribution in [-0.2, 0) is 9.53 Å². The first-order valence-electron chi connectivity index (χ1n) is 6.51. The van der Waals surface area contributed by atoms with E-state index in [4.69, 9.17) is 4.74 Å². The Morgan fingerprint density at radius 3 is 3.00 bits per heavy atom. The Balaban J connectivity index is 1.69. The number of rotatable bonds is 6. The molecule has 2 aliphatic carbocycles. The van der Waals surface area contributed by atoms with E-state index >= 15 is 0 Å². The summed E-state index contributed by atoms with van der Waals surface area (Å²) in [5.74, 6) is 2.49. The minimum Gasteiger partial charge on any atom is -0.381 e. The quantitative estimate of drug-likeness (QED) is 0.392. The van der Waals surface area contributed by atoms with Crippen LogP contribution in [0.2, 0.25) is 0 Å². The maximum atomic E-state index is 10.1. The van der Waals surface area contributed by atoms with Crippen molar-refractivity contribution in [2.24, 2.45) is 17.8 Å². The Kier molecular flexibility index (Phi) is 4.16. The maximum Gasteiger partial charge on any atom is 0.120 e. The lowest BCUT2D eigenvalue weighted by Crippen LogP contribution is -2.19. The summed E-state index contributed by atoms with van der Waals surface area (Å²) in [5.41, 5.74) is 1.66. The fourth-order valence-electron chi connectivity index (χ4n) is 3.37. The standard InChI is InChI=1S/C14H22O2/c1-2-12-7-11-8-13(14(12)9-11)10-16-6-4-3-5-15/h2,5,11,13-14H,3-4,6-10H2,1H3. The van der Waals surface area contributed by atoms with Gasteiger partial charge in [0, 0.05) is 19.6 Å². The molecule has 0 aromatic heterocycles. The Labute approximate surface area is 98.1 Å². The molecular formula is C14H22O2. The van der Waals surface area contributed by atoms with Crippen LogP contribution >= 0.6 is 0 Å². The van der Waals surface area contributed by atoms with E-state index in [1.165, 1.54) is 19.3 Å². The molecule has 90 valence electrons. The number of hydrogen-bond acceptors (Lipinski definition) is 2. The molecule has 0 saturated heterocycles. The fourth-order valence-corrected chi connectivity index (χ4v) is 3.37. The highest BCUT2D eigenvalue weighted by atomic mass is 16.5. The molecule has 0 aromatic rings. The van der Waals surface area contributed by atoms with Crippen molar-refractivity contribution in [2.75, 3.05) is 13.2 Å². The Hall–Kier alpha value is -0.630. The second-order valence-electron chi connectivity index (χ2n) is 5.16. The lowest BCUT2D eigenvalue weighted by Gasteiger charge is -2.24. The van der Waals surface area contributed by atoms with Crippen molar-refractivity contribution in [3.8, 4) is 0 Å². The number of ether oxygens (including phenoxy) is 1. The first-order valence-corrected chi connectivity index (χ1v) is 6.51. The van der Waals surface area contributed by atoms with Gasteiger partial charge in [0.15, 0.2) is 0 Å². The van der Waals surface area contributed by atoms with Gasteiger partial charge in [-0.25, -0.2) is 0 Å². The zero-order chi connectivity index (χ0) is 11.4. The molecule has 0 amide bonds. The molecule has 0 N–H and O–H groups in total. The number of hydrogen-bond donors (Lipinski definition) is 0. The number of unbranched alkanes of at least 4 members (excludes halogenated alkanes) is 1. The highest BCUT2D eigenvalue weighted by Crippen LogP contribution is 2.51. The van der Waals surface area contributed by atoms with Gasteiger partial charge < -0.3 is 9.53 Å². The van der Waals surface area contributed by atoms with Gasteiger partial charge in [0.05, 0.1) is 0 Å². The third-order valence-electron chi connectivity index (χ3n) is 4.11. The summed E-state index contributed by atoms with van der Waals surface area (Å²) >= 11 is 0. The molecule has 16 heavy (non-hydrogen) atoms. The Bertz CT molecular complexity index is 270. The molecule has 2 rings (SSSR count). The minimum atomic E-state index is 0.636. The van der Waals surface area contributed by atoms with Crippen molar-refractivity contribution in [3.63, 3.8) is 0 Å². The Morgan fingerprint density at radius 1 is 1.44 bits per heavy atom. The third kappa shape index (κ3) is 2.54. The van der Waals surface area contributed by atoms with Crippen LogP contribution in [0.3, 0.4) is 0 Å². The van der Waals surface area contributed by atoms with Gasteiger partial charge in [-0.2, -0.15) is 0 Å². The van der Waals surface area contributed by atoms with Gasteiger partial charge in [-0.15, -0.1) is 0 Å². The second-order valence-corrected chi connectivity index (χ2v) is 5.16. The molecule has 2 heteroatoms. The molecule has 2 saturated carbocycles. The van der Waals surface area contributed by atoms with Gasteiger partial charge >= 0.3 is 0 Å². The summed E-state index contributed by atoms with van der Waals surface area (Å²) in [7, 11) is 0. The highest BCUT2D eigenvalue weighted by Gasteiger charge is 2.42. The summed E-state index contributed by atoms with van der Waals surface area (Å²) in [5, 5.41) is 0. The van der Waals surface area contributed by atoms with Crippen LogP contribution < -0.4 is 0 Å². The Morgan fingerprint density at radius 2 is 2.31 bits per heavy atom. The van der Waals surface area contributed by atoms with E-state index in [9.17, 15) is 4.79 Å². The summed E-state index contributed by atoms with van der Waals surface area (Å²) in [6.07, 6.45) is 8.88. The zero-order valence-electron chi connectivity index (χ0n) is 10.2. The van der Waals surface area contributed by atoms with Gasteiger partial charge in [-0.1, -0.05) is 11.6 Å². The topological polar surface area (TPSA) is 26.3 Å².